The number of rotatable bonds is 3. The molecule has 0 aromatic carbocycles. The molecule has 3 fully saturated rings. The molecule has 120 valence electrons. The highest BCUT2D eigenvalue weighted by Crippen LogP contribution is 2.44. The number of anilines is 1. The minimum atomic E-state index is -0.673. The highest BCUT2D eigenvalue weighted by molar-refractivity contribution is 7.13. The number of aliphatic hydroxyl groups excluding tert-OH is 2. The number of fused-ring (bicyclic) bond motifs is 2. The first-order valence-electron chi connectivity index (χ1n) is 8.22. The lowest BCUT2D eigenvalue weighted by Crippen LogP contribution is -2.46. The van der Waals surface area contributed by atoms with Gasteiger partial charge in [0.1, 0.15) is 0 Å². The molecule has 5 atom stereocenters. The second-order valence-electron chi connectivity index (χ2n) is 7.16. The number of carbonyl (C=O) groups excluding carboxylic acids is 1. The maximum Gasteiger partial charge on any atom is 0.229 e. The Bertz CT molecular complexity index is 569. The Morgan fingerprint density at radius 1 is 1.23 bits per heavy atom. The zero-order valence-corrected chi connectivity index (χ0v) is 13.3. The number of amides is 1. The van der Waals surface area contributed by atoms with Gasteiger partial charge in [0.15, 0.2) is 5.13 Å². The Hall–Kier alpha value is -0.980. The van der Waals surface area contributed by atoms with Crippen molar-refractivity contribution in [2.45, 2.75) is 56.7 Å². The number of hydrogen-bond acceptors (Lipinski definition) is 5. The second-order valence-corrected chi connectivity index (χ2v) is 8.02. The van der Waals surface area contributed by atoms with Crippen LogP contribution < -0.4 is 5.32 Å². The van der Waals surface area contributed by atoms with Crippen LogP contribution in [0.25, 0.3) is 0 Å². The fraction of sp³-hybridized carbons (Fsp3) is 0.750. The SMILES string of the molecule is O=C(Nc1nc(C2CC2)cs1)[C@H]1C[C@H]2C[C@@H](C1)[C@H](O)[C@H](O)C2. The average molecular weight is 322 g/mol. The van der Waals surface area contributed by atoms with E-state index in [4.69, 9.17) is 0 Å². The molecule has 3 N–H and O–H groups in total. The molecule has 22 heavy (non-hydrogen) atoms. The lowest BCUT2D eigenvalue weighted by molar-refractivity contribution is -0.128. The molecule has 0 unspecified atom stereocenters. The van der Waals surface area contributed by atoms with Crippen LogP contribution in [0.1, 0.15) is 50.1 Å². The van der Waals surface area contributed by atoms with Crippen molar-refractivity contribution in [3.05, 3.63) is 11.1 Å². The highest BCUT2D eigenvalue weighted by Gasteiger charge is 2.43. The number of hydrogen-bond donors (Lipinski definition) is 3. The Labute approximate surface area is 133 Å². The topological polar surface area (TPSA) is 82.5 Å². The zero-order valence-electron chi connectivity index (χ0n) is 12.4. The Morgan fingerprint density at radius 3 is 2.82 bits per heavy atom. The van der Waals surface area contributed by atoms with Crippen LogP contribution in [0.4, 0.5) is 5.13 Å². The molecule has 1 heterocycles. The highest BCUT2D eigenvalue weighted by atomic mass is 32.1. The summed E-state index contributed by atoms with van der Waals surface area (Å²) in [7, 11) is 0. The lowest BCUT2D eigenvalue weighted by atomic mass is 9.65. The molecule has 5 nitrogen and oxygen atoms in total. The number of nitrogens with zero attached hydrogens (tertiary/aromatic N) is 1. The summed E-state index contributed by atoms with van der Waals surface area (Å²) in [4.78, 5) is 17.0. The van der Waals surface area contributed by atoms with Gasteiger partial charge in [-0.3, -0.25) is 4.79 Å². The van der Waals surface area contributed by atoms with Gasteiger partial charge in [0, 0.05) is 17.2 Å². The molecule has 4 rings (SSSR count). The molecule has 3 aliphatic rings. The smallest absolute Gasteiger partial charge is 0.229 e. The molecule has 0 aliphatic heterocycles. The number of aromatic nitrogens is 1. The van der Waals surface area contributed by atoms with E-state index in [9.17, 15) is 15.0 Å². The fourth-order valence-electron chi connectivity index (χ4n) is 4.08. The van der Waals surface area contributed by atoms with E-state index in [0.29, 0.717) is 29.8 Å². The molecule has 1 aromatic heterocycles. The van der Waals surface area contributed by atoms with Crippen LogP contribution >= 0.6 is 11.3 Å². The van der Waals surface area contributed by atoms with E-state index in [1.807, 2.05) is 5.38 Å². The third kappa shape index (κ3) is 2.79. The van der Waals surface area contributed by atoms with E-state index < -0.39 is 12.2 Å². The Balaban J connectivity index is 1.40. The van der Waals surface area contributed by atoms with E-state index in [2.05, 4.69) is 10.3 Å². The summed E-state index contributed by atoms with van der Waals surface area (Å²) in [5, 5.41) is 25.6. The minimum absolute atomic E-state index is 0.0231. The summed E-state index contributed by atoms with van der Waals surface area (Å²) in [6, 6.07) is 0. The van der Waals surface area contributed by atoms with E-state index >= 15 is 0 Å². The van der Waals surface area contributed by atoms with Crippen molar-refractivity contribution < 1.29 is 15.0 Å². The summed E-state index contributed by atoms with van der Waals surface area (Å²) >= 11 is 1.50. The van der Waals surface area contributed by atoms with Crippen molar-refractivity contribution in [3.8, 4) is 0 Å². The van der Waals surface area contributed by atoms with E-state index in [-0.39, 0.29) is 17.7 Å². The van der Waals surface area contributed by atoms with Gasteiger partial charge in [-0.1, -0.05) is 0 Å². The number of nitrogens with one attached hydrogen (secondary N) is 1. The standard InChI is InChI=1S/C16H22N2O3S/c19-13-5-8-3-10(14(13)20)6-11(4-8)15(21)18-16-17-12(7-22-16)9-1-2-9/h7-11,13-14,19-20H,1-6H2,(H,17,18,21)/t8-,10+,11+,13-,14+/m1/s1. The second kappa shape index (κ2) is 5.58. The first-order chi connectivity index (χ1) is 10.6. The van der Waals surface area contributed by atoms with Crippen LogP contribution in [0.3, 0.4) is 0 Å². The van der Waals surface area contributed by atoms with Gasteiger partial charge < -0.3 is 15.5 Å². The van der Waals surface area contributed by atoms with Gasteiger partial charge in [-0.25, -0.2) is 4.98 Å². The van der Waals surface area contributed by atoms with E-state index in [0.717, 1.165) is 18.5 Å². The largest absolute Gasteiger partial charge is 0.390 e. The minimum Gasteiger partial charge on any atom is -0.390 e. The zero-order chi connectivity index (χ0) is 15.3. The number of thiazole rings is 1. The third-order valence-corrected chi connectivity index (χ3v) is 6.19. The van der Waals surface area contributed by atoms with E-state index in [1.165, 1.54) is 24.2 Å². The maximum atomic E-state index is 12.5. The van der Waals surface area contributed by atoms with Gasteiger partial charge in [0.25, 0.3) is 0 Å². The molecule has 2 bridgehead atoms. The molecule has 0 radical (unpaired) electrons. The van der Waals surface area contributed by atoms with Gasteiger partial charge in [-0.05, 0) is 50.4 Å². The lowest BCUT2D eigenvalue weighted by Gasteiger charge is -2.43. The van der Waals surface area contributed by atoms with Crippen LogP contribution in [-0.4, -0.2) is 33.3 Å². The van der Waals surface area contributed by atoms with Crippen molar-refractivity contribution in [1.82, 2.24) is 4.98 Å². The van der Waals surface area contributed by atoms with Gasteiger partial charge in [0.05, 0.1) is 17.9 Å². The number of aliphatic hydroxyl groups is 2. The average Bonchev–Trinajstić information content (AvgIpc) is 3.25. The van der Waals surface area contributed by atoms with Crippen molar-refractivity contribution in [3.63, 3.8) is 0 Å². The normalized spacial score (nSPS) is 37.8. The van der Waals surface area contributed by atoms with Crippen molar-refractivity contribution in [2.75, 3.05) is 5.32 Å². The predicted molar refractivity (Wildman–Crippen MR) is 83.7 cm³/mol. The van der Waals surface area contributed by atoms with Crippen LogP contribution in [-0.2, 0) is 4.79 Å². The molecule has 6 heteroatoms. The van der Waals surface area contributed by atoms with Crippen LogP contribution in [0.15, 0.2) is 5.38 Å². The Kier molecular flexibility index (Phi) is 3.71. The molecule has 3 saturated carbocycles. The summed E-state index contributed by atoms with van der Waals surface area (Å²) < 4.78 is 0. The molecule has 1 aromatic rings. The summed E-state index contributed by atoms with van der Waals surface area (Å²) in [6.07, 6.45) is 4.16. The third-order valence-electron chi connectivity index (χ3n) is 5.41. The molecule has 0 saturated heterocycles. The molecule has 0 spiro atoms. The van der Waals surface area contributed by atoms with Crippen LogP contribution in [0.2, 0.25) is 0 Å². The quantitative estimate of drug-likeness (QED) is 0.796. The molecular weight excluding hydrogens is 300 g/mol. The van der Waals surface area contributed by atoms with Gasteiger partial charge in [0.2, 0.25) is 5.91 Å². The van der Waals surface area contributed by atoms with Crippen LogP contribution in [0, 0.1) is 17.8 Å². The first-order valence-corrected chi connectivity index (χ1v) is 9.10. The van der Waals surface area contributed by atoms with Crippen molar-refractivity contribution in [1.29, 1.82) is 0 Å². The van der Waals surface area contributed by atoms with Gasteiger partial charge in [-0.15, -0.1) is 11.3 Å². The number of carbonyl (C=O) groups is 1. The maximum absolute atomic E-state index is 12.5. The van der Waals surface area contributed by atoms with Gasteiger partial charge >= 0.3 is 0 Å². The Morgan fingerprint density at radius 2 is 2.05 bits per heavy atom. The fourth-order valence-corrected chi connectivity index (χ4v) is 4.88. The summed E-state index contributed by atoms with van der Waals surface area (Å²) in [6.45, 7) is 0. The summed E-state index contributed by atoms with van der Waals surface area (Å²) in [5.41, 5.74) is 1.11. The summed E-state index contributed by atoms with van der Waals surface area (Å²) in [5.74, 6) is 0.963. The van der Waals surface area contributed by atoms with Crippen LogP contribution in [0.5, 0.6) is 0 Å². The predicted octanol–water partition coefficient (Wildman–Crippen LogP) is 2.12. The van der Waals surface area contributed by atoms with E-state index in [1.54, 1.807) is 0 Å². The first kappa shape index (κ1) is 14.6. The molecular formula is C16H22N2O3S. The monoisotopic (exact) mass is 322 g/mol. The molecule has 3 aliphatic carbocycles. The van der Waals surface area contributed by atoms with Crippen molar-refractivity contribution >= 4 is 22.4 Å². The van der Waals surface area contributed by atoms with Gasteiger partial charge in [-0.2, -0.15) is 0 Å². The van der Waals surface area contributed by atoms with Crippen molar-refractivity contribution in [2.24, 2.45) is 17.8 Å². The molecule has 1 amide bonds.